The van der Waals surface area contributed by atoms with Crippen LogP contribution in [0.4, 0.5) is 11.6 Å². The molecule has 27 heavy (non-hydrogen) atoms. The molecule has 0 unspecified atom stereocenters. The van der Waals surface area contributed by atoms with E-state index in [2.05, 4.69) is 43.9 Å². The van der Waals surface area contributed by atoms with Crippen molar-refractivity contribution < 1.29 is 4.74 Å². The molecule has 0 bridgehead atoms. The normalized spacial score (nSPS) is 17.6. The second kappa shape index (κ2) is 7.70. The Hall–Kier alpha value is -2.38. The van der Waals surface area contributed by atoms with E-state index in [1.807, 2.05) is 14.1 Å². The van der Waals surface area contributed by atoms with E-state index in [4.69, 9.17) is 9.72 Å². The molecular weight excluding hydrogens is 342 g/mol. The number of hydrogen-bond donors (Lipinski definition) is 1. The maximum atomic E-state index is 12.7. The largest absolute Gasteiger partial charge is 0.378 e. The van der Waals surface area contributed by atoms with Gasteiger partial charge < -0.3 is 14.5 Å². The molecular formula is C20H27N5O2. The Labute approximate surface area is 159 Å². The molecule has 4 rings (SSSR count). The number of hydrogen-bond acceptors (Lipinski definition) is 6. The number of ether oxygens (including phenoxy) is 1. The predicted octanol–water partition coefficient (Wildman–Crippen LogP) is 1.23. The van der Waals surface area contributed by atoms with Crippen LogP contribution in [-0.4, -0.2) is 61.8 Å². The Bertz CT molecular complexity index is 840. The fourth-order valence-electron chi connectivity index (χ4n) is 3.69. The summed E-state index contributed by atoms with van der Waals surface area (Å²) in [6, 6.07) is 8.59. The number of fused-ring (bicyclic) bond motifs is 1. The molecule has 0 aliphatic carbocycles. The van der Waals surface area contributed by atoms with Crippen molar-refractivity contribution in [3.05, 3.63) is 51.4 Å². The number of aromatic nitrogens is 2. The van der Waals surface area contributed by atoms with Crippen molar-refractivity contribution in [2.24, 2.45) is 0 Å². The number of H-pyrrole nitrogens is 1. The van der Waals surface area contributed by atoms with Crippen molar-refractivity contribution >= 4 is 11.6 Å². The van der Waals surface area contributed by atoms with E-state index in [-0.39, 0.29) is 5.56 Å². The molecule has 3 heterocycles. The van der Waals surface area contributed by atoms with Crippen LogP contribution in [0.2, 0.25) is 0 Å². The second-order valence-electron chi connectivity index (χ2n) is 7.44. The third kappa shape index (κ3) is 3.99. The van der Waals surface area contributed by atoms with Gasteiger partial charge in [0.15, 0.2) is 0 Å². The zero-order chi connectivity index (χ0) is 18.8. The van der Waals surface area contributed by atoms with Crippen molar-refractivity contribution in [3.63, 3.8) is 0 Å². The van der Waals surface area contributed by atoms with E-state index in [0.717, 1.165) is 43.9 Å². The summed E-state index contributed by atoms with van der Waals surface area (Å²) in [5.74, 6) is 0.690. The molecule has 1 aromatic carbocycles. The van der Waals surface area contributed by atoms with Crippen molar-refractivity contribution in [1.29, 1.82) is 0 Å². The summed E-state index contributed by atoms with van der Waals surface area (Å²) in [5.41, 5.74) is 4.20. The highest BCUT2D eigenvalue weighted by Gasteiger charge is 2.23. The lowest BCUT2D eigenvalue weighted by atomic mass is 10.1. The van der Waals surface area contributed by atoms with E-state index in [1.165, 1.54) is 11.3 Å². The van der Waals surface area contributed by atoms with Gasteiger partial charge in [0, 0.05) is 58.9 Å². The van der Waals surface area contributed by atoms with Gasteiger partial charge in [-0.1, -0.05) is 12.1 Å². The average Bonchev–Trinajstić information content (AvgIpc) is 2.69. The smallest absolute Gasteiger partial charge is 0.257 e. The van der Waals surface area contributed by atoms with Gasteiger partial charge in [-0.05, 0) is 17.7 Å². The molecule has 0 atom stereocenters. The van der Waals surface area contributed by atoms with Crippen LogP contribution in [0.3, 0.4) is 0 Å². The molecule has 1 fully saturated rings. The van der Waals surface area contributed by atoms with Crippen LogP contribution >= 0.6 is 0 Å². The fourth-order valence-corrected chi connectivity index (χ4v) is 3.69. The van der Waals surface area contributed by atoms with Gasteiger partial charge in [-0.15, -0.1) is 0 Å². The van der Waals surface area contributed by atoms with E-state index in [9.17, 15) is 4.79 Å². The van der Waals surface area contributed by atoms with Gasteiger partial charge in [0.05, 0.1) is 24.5 Å². The average molecular weight is 369 g/mol. The van der Waals surface area contributed by atoms with Crippen molar-refractivity contribution in [2.75, 3.05) is 56.7 Å². The molecule has 144 valence electrons. The summed E-state index contributed by atoms with van der Waals surface area (Å²) in [5, 5.41) is 0. The minimum absolute atomic E-state index is 0.00542. The zero-order valence-electron chi connectivity index (χ0n) is 16.1. The molecule has 7 heteroatoms. The first-order valence-electron chi connectivity index (χ1n) is 9.53. The van der Waals surface area contributed by atoms with Crippen LogP contribution in [-0.2, 0) is 24.2 Å². The number of nitrogens with one attached hydrogen (secondary N) is 1. The Morgan fingerprint density at radius 1 is 1.15 bits per heavy atom. The number of anilines is 2. The summed E-state index contributed by atoms with van der Waals surface area (Å²) in [7, 11) is 4.09. The molecule has 0 spiro atoms. The molecule has 2 aliphatic rings. The number of aromatic amines is 1. The minimum Gasteiger partial charge on any atom is -0.378 e. The molecule has 7 nitrogen and oxygen atoms in total. The summed E-state index contributed by atoms with van der Waals surface area (Å²) >= 11 is 0. The van der Waals surface area contributed by atoms with Gasteiger partial charge in [0.1, 0.15) is 0 Å². The third-order valence-electron chi connectivity index (χ3n) is 5.30. The lowest BCUT2D eigenvalue weighted by molar-refractivity contribution is 0.122. The lowest BCUT2D eigenvalue weighted by Gasteiger charge is -2.30. The van der Waals surface area contributed by atoms with Crippen molar-refractivity contribution in [2.45, 2.75) is 19.5 Å². The predicted molar refractivity (Wildman–Crippen MR) is 106 cm³/mol. The van der Waals surface area contributed by atoms with Crippen LogP contribution in [0.25, 0.3) is 0 Å². The number of morpholine rings is 1. The highest BCUT2D eigenvalue weighted by Crippen LogP contribution is 2.20. The molecule has 1 saturated heterocycles. The molecule has 2 aromatic rings. The maximum absolute atomic E-state index is 12.7. The highest BCUT2D eigenvalue weighted by atomic mass is 16.5. The highest BCUT2D eigenvalue weighted by molar-refractivity contribution is 5.46. The van der Waals surface area contributed by atoms with Crippen LogP contribution < -0.4 is 15.4 Å². The summed E-state index contributed by atoms with van der Waals surface area (Å²) in [6.07, 6.45) is 0.812. The first-order valence-corrected chi connectivity index (χ1v) is 9.53. The van der Waals surface area contributed by atoms with E-state index >= 15 is 0 Å². The van der Waals surface area contributed by atoms with Crippen molar-refractivity contribution in [3.8, 4) is 0 Å². The number of rotatable bonds is 4. The van der Waals surface area contributed by atoms with Gasteiger partial charge in [0.2, 0.25) is 5.95 Å². The fraction of sp³-hybridized carbons (Fsp3) is 0.500. The standard InChI is InChI=1S/C20H27N5O2/c1-23(2)16-5-3-15(4-6-16)13-24-8-7-18-17(14-24)19(26)22-20(21-18)25-9-11-27-12-10-25/h3-6H,7-14H2,1-2H3,(H,21,22,26). The zero-order valence-corrected chi connectivity index (χ0v) is 16.1. The molecule has 0 radical (unpaired) electrons. The van der Waals surface area contributed by atoms with Gasteiger partial charge in [-0.25, -0.2) is 4.98 Å². The minimum atomic E-state index is -0.00542. The first kappa shape index (κ1) is 18.0. The van der Waals surface area contributed by atoms with Crippen LogP contribution in [0.1, 0.15) is 16.8 Å². The molecule has 1 aromatic heterocycles. The van der Waals surface area contributed by atoms with Crippen molar-refractivity contribution in [1.82, 2.24) is 14.9 Å². The second-order valence-corrected chi connectivity index (χ2v) is 7.44. The first-order chi connectivity index (χ1) is 13.1. The molecule has 2 aliphatic heterocycles. The Morgan fingerprint density at radius 3 is 2.59 bits per heavy atom. The van der Waals surface area contributed by atoms with Crippen LogP contribution in [0.5, 0.6) is 0 Å². The topological polar surface area (TPSA) is 64.7 Å². The van der Waals surface area contributed by atoms with Gasteiger partial charge in [-0.3, -0.25) is 14.7 Å². The Kier molecular flexibility index (Phi) is 5.13. The van der Waals surface area contributed by atoms with Crippen LogP contribution in [0, 0.1) is 0 Å². The summed E-state index contributed by atoms with van der Waals surface area (Å²) in [4.78, 5) is 26.9. The van der Waals surface area contributed by atoms with Crippen LogP contribution in [0.15, 0.2) is 29.1 Å². The van der Waals surface area contributed by atoms with Gasteiger partial charge in [-0.2, -0.15) is 0 Å². The monoisotopic (exact) mass is 369 g/mol. The number of benzene rings is 1. The third-order valence-corrected chi connectivity index (χ3v) is 5.30. The number of nitrogens with zero attached hydrogens (tertiary/aromatic N) is 4. The quantitative estimate of drug-likeness (QED) is 0.875. The SMILES string of the molecule is CN(C)c1ccc(CN2CCc3nc(N4CCOCC4)[nH]c(=O)c3C2)cc1. The molecule has 1 N–H and O–H groups in total. The molecule has 0 amide bonds. The van der Waals surface area contributed by atoms with E-state index in [0.29, 0.717) is 25.7 Å². The van der Waals surface area contributed by atoms with Gasteiger partial charge >= 0.3 is 0 Å². The Balaban J connectivity index is 1.47. The lowest BCUT2D eigenvalue weighted by Crippen LogP contribution is -2.40. The van der Waals surface area contributed by atoms with E-state index in [1.54, 1.807) is 0 Å². The maximum Gasteiger partial charge on any atom is 0.257 e. The summed E-state index contributed by atoms with van der Waals surface area (Å²) in [6.45, 7) is 5.33. The molecule has 0 saturated carbocycles. The van der Waals surface area contributed by atoms with Gasteiger partial charge in [0.25, 0.3) is 5.56 Å². The Morgan fingerprint density at radius 2 is 1.89 bits per heavy atom. The van der Waals surface area contributed by atoms with E-state index < -0.39 is 0 Å². The summed E-state index contributed by atoms with van der Waals surface area (Å²) < 4.78 is 5.38.